The fourth-order valence-corrected chi connectivity index (χ4v) is 3.74. The molecular formula is C23H29N3O4. The molecule has 1 amide bonds. The average molecular weight is 412 g/mol. The van der Waals surface area contributed by atoms with Gasteiger partial charge in [0, 0.05) is 31.1 Å². The van der Waals surface area contributed by atoms with Crippen LogP contribution in [-0.2, 0) is 22.6 Å². The first-order valence-electron chi connectivity index (χ1n) is 10.6. The summed E-state index contributed by atoms with van der Waals surface area (Å²) < 4.78 is 1.45. The second-order valence-electron chi connectivity index (χ2n) is 7.97. The second kappa shape index (κ2) is 9.69. The molecule has 1 unspecified atom stereocenters. The van der Waals surface area contributed by atoms with E-state index < -0.39 is 11.9 Å². The Bertz CT molecular complexity index is 965. The van der Waals surface area contributed by atoms with Gasteiger partial charge in [-0.05, 0) is 19.8 Å². The smallest absolute Gasteiger partial charge is 0.308 e. The molecule has 1 fully saturated rings. The number of aromatic nitrogens is 2. The molecule has 0 saturated carbocycles. The number of hydrogen-bond acceptors (Lipinski definition) is 4. The minimum atomic E-state index is -0.883. The first-order chi connectivity index (χ1) is 14.4. The molecule has 0 radical (unpaired) electrons. The third-order valence-corrected chi connectivity index (χ3v) is 5.62. The van der Waals surface area contributed by atoms with E-state index in [0.29, 0.717) is 30.9 Å². The van der Waals surface area contributed by atoms with Gasteiger partial charge in [0.2, 0.25) is 5.91 Å². The van der Waals surface area contributed by atoms with Crippen molar-refractivity contribution in [2.75, 3.05) is 13.1 Å². The molecule has 0 spiro atoms. The molecule has 1 aromatic heterocycles. The molecule has 0 bridgehead atoms. The van der Waals surface area contributed by atoms with Crippen molar-refractivity contribution in [3.63, 3.8) is 0 Å². The summed E-state index contributed by atoms with van der Waals surface area (Å²) in [6, 6.07) is 9.33. The Morgan fingerprint density at radius 3 is 2.57 bits per heavy atom. The van der Waals surface area contributed by atoms with Gasteiger partial charge in [0.25, 0.3) is 5.56 Å². The highest BCUT2D eigenvalue weighted by Crippen LogP contribution is 2.19. The van der Waals surface area contributed by atoms with E-state index in [1.807, 2.05) is 31.2 Å². The summed E-state index contributed by atoms with van der Waals surface area (Å²) in [6.45, 7) is 4.62. The van der Waals surface area contributed by atoms with E-state index in [2.05, 4.69) is 6.92 Å². The van der Waals surface area contributed by atoms with Crippen molar-refractivity contribution in [2.45, 2.75) is 52.5 Å². The lowest BCUT2D eigenvalue weighted by molar-refractivity contribution is -0.141. The van der Waals surface area contributed by atoms with Gasteiger partial charge in [0.1, 0.15) is 12.4 Å². The molecule has 1 saturated heterocycles. The van der Waals surface area contributed by atoms with Gasteiger partial charge in [0.15, 0.2) is 0 Å². The van der Waals surface area contributed by atoms with Crippen LogP contribution in [0.5, 0.6) is 0 Å². The van der Waals surface area contributed by atoms with Crippen LogP contribution in [-0.4, -0.2) is 44.5 Å². The van der Waals surface area contributed by atoms with Crippen LogP contribution in [0.15, 0.2) is 35.1 Å². The van der Waals surface area contributed by atoms with Crippen molar-refractivity contribution in [1.82, 2.24) is 14.5 Å². The van der Waals surface area contributed by atoms with E-state index in [1.54, 1.807) is 0 Å². The second-order valence-corrected chi connectivity index (χ2v) is 7.97. The van der Waals surface area contributed by atoms with Crippen molar-refractivity contribution in [3.05, 3.63) is 52.1 Å². The number of nitrogens with zero attached hydrogens (tertiary/aromatic N) is 3. The largest absolute Gasteiger partial charge is 0.481 e. The Hall–Kier alpha value is -2.96. The van der Waals surface area contributed by atoms with Gasteiger partial charge in [0.05, 0.1) is 11.6 Å². The minimum absolute atomic E-state index is 0.103. The van der Waals surface area contributed by atoms with E-state index in [1.165, 1.54) is 15.5 Å². The molecular weight excluding hydrogens is 382 g/mol. The third kappa shape index (κ3) is 5.14. The normalized spacial score (nSPS) is 16.1. The topological polar surface area (TPSA) is 92.5 Å². The maximum atomic E-state index is 12.9. The SMILES string of the molecule is CCCCCc1nc(-c2ccc(C)cc2)cc(=O)n1CC(=O)N1CCC(C(=O)O)C1. The molecule has 1 aliphatic rings. The number of carboxylic acid groups (broad SMARTS) is 1. The highest BCUT2D eigenvalue weighted by molar-refractivity contribution is 5.78. The zero-order valence-corrected chi connectivity index (χ0v) is 17.6. The first kappa shape index (κ1) is 21.7. The van der Waals surface area contributed by atoms with Crippen LogP contribution in [0.4, 0.5) is 0 Å². The average Bonchev–Trinajstić information content (AvgIpc) is 3.21. The fourth-order valence-electron chi connectivity index (χ4n) is 3.74. The van der Waals surface area contributed by atoms with Crippen LogP contribution >= 0.6 is 0 Å². The minimum Gasteiger partial charge on any atom is -0.481 e. The molecule has 0 aliphatic carbocycles. The van der Waals surface area contributed by atoms with Gasteiger partial charge in [-0.3, -0.25) is 19.0 Å². The van der Waals surface area contributed by atoms with Gasteiger partial charge in [-0.2, -0.15) is 0 Å². The van der Waals surface area contributed by atoms with Crippen LogP contribution in [0.3, 0.4) is 0 Å². The monoisotopic (exact) mass is 411 g/mol. The van der Waals surface area contributed by atoms with E-state index in [0.717, 1.165) is 30.4 Å². The summed E-state index contributed by atoms with van der Waals surface area (Å²) in [5.74, 6) is -1.04. The Labute approximate surface area is 176 Å². The van der Waals surface area contributed by atoms with E-state index in [4.69, 9.17) is 10.1 Å². The van der Waals surface area contributed by atoms with Gasteiger partial charge in [-0.25, -0.2) is 4.98 Å². The molecule has 2 heterocycles. The maximum Gasteiger partial charge on any atom is 0.308 e. The lowest BCUT2D eigenvalue weighted by Crippen LogP contribution is -2.37. The van der Waals surface area contributed by atoms with E-state index in [-0.39, 0.29) is 24.6 Å². The standard InChI is InChI=1S/C23H29N3O4/c1-3-4-5-6-20-24-19(17-9-7-16(2)8-10-17)13-21(27)26(20)15-22(28)25-12-11-18(14-25)23(29)30/h7-10,13,18H,3-6,11-12,14-15H2,1-2H3,(H,29,30). The third-order valence-electron chi connectivity index (χ3n) is 5.62. The number of unbranched alkanes of at least 4 members (excludes halogenated alkanes) is 2. The van der Waals surface area contributed by atoms with Gasteiger partial charge < -0.3 is 10.0 Å². The van der Waals surface area contributed by atoms with Crippen LogP contribution in [0.2, 0.25) is 0 Å². The van der Waals surface area contributed by atoms with Gasteiger partial charge >= 0.3 is 5.97 Å². The highest BCUT2D eigenvalue weighted by Gasteiger charge is 2.31. The molecule has 160 valence electrons. The molecule has 1 aliphatic heterocycles. The summed E-state index contributed by atoms with van der Waals surface area (Å²) in [5.41, 5.74) is 2.36. The number of benzene rings is 1. The summed E-state index contributed by atoms with van der Waals surface area (Å²) in [6.07, 6.45) is 4.02. The van der Waals surface area contributed by atoms with Crippen molar-refractivity contribution in [2.24, 2.45) is 5.92 Å². The van der Waals surface area contributed by atoms with Crippen LogP contribution in [0.1, 0.15) is 44.0 Å². The van der Waals surface area contributed by atoms with Crippen molar-refractivity contribution >= 4 is 11.9 Å². The molecule has 7 nitrogen and oxygen atoms in total. The van der Waals surface area contributed by atoms with E-state index in [9.17, 15) is 14.4 Å². The van der Waals surface area contributed by atoms with E-state index >= 15 is 0 Å². The maximum absolute atomic E-state index is 12.9. The number of carbonyl (C=O) groups is 2. The Kier molecular flexibility index (Phi) is 7.03. The number of likely N-dealkylation sites (tertiary alicyclic amines) is 1. The Morgan fingerprint density at radius 2 is 1.93 bits per heavy atom. The molecule has 1 N–H and O–H groups in total. The Morgan fingerprint density at radius 1 is 1.20 bits per heavy atom. The number of aryl methyl sites for hydroxylation is 2. The number of aliphatic carboxylic acids is 1. The lowest BCUT2D eigenvalue weighted by Gasteiger charge is -2.19. The zero-order valence-electron chi connectivity index (χ0n) is 17.6. The molecule has 2 aromatic rings. The van der Waals surface area contributed by atoms with Crippen molar-refractivity contribution in [3.8, 4) is 11.3 Å². The molecule has 1 atom stereocenters. The molecule has 7 heteroatoms. The van der Waals surface area contributed by atoms with Crippen LogP contribution < -0.4 is 5.56 Å². The predicted molar refractivity (Wildman–Crippen MR) is 114 cm³/mol. The number of hydrogen-bond donors (Lipinski definition) is 1. The van der Waals surface area contributed by atoms with Crippen molar-refractivity contribution in [1.29, 1.82) is 0 Å². The first-order valence-corrected chi connectivity index (χ1v) is 10.6. The number of amides is 1. The van der Waals surface area contributed by atoms with Crippen LogP contribution in [0, 0.1) is 12.8 Å². The molecule has 3 rings (SSSR count). The summed E-state index contributed by atoms with van der Waals surface area (Å²) in [4.78, 5) is 43.1. The number of carbonyl (C=O) groups excluding carboxylic acids is 1. The highest BCUT2D eigenvalue weighted by atomic mass is 16.4. The zero-order chi connectivity index (χ0) is 21.7. The van der Waals surface area contributed by atoms with Crippen LogP contribution in [0.25, 0.3) is 11.3 Å². The van der Waals surface area contributed by atoms with Gasteiger partial charge in [-0.1, -0.05) is 49.6 Å². The number of rotatable bonds is 8. The van der Waals surface area contributed by atoms with Crippen molar-refractivity contribution < 1.29 is 14.7 Å². The quantitative estimate of drug-likeness (QED) is 0.675. The number of carboxylic acids is 1. The summed E-state index contributed by atoms with van der Waals surface area (Å²) in [5, 5.41) is 9.16. The Balaban J connectivity index is 1.86. The summed E-state index contributed by atoms with van der Waals surface area (Å²) in [7, 11) is 0. The lowest BCUT2D eigenvalue weighted by atomic mass is 10.1. The molecule has 1 aromatic carbocycles. The predicted octanol–water partition coefficient (Wildman–Crippen LogP) is 2.88. The fraction of sp³-hybridized carbons (Fsp3) is 0.478. The summed E-state index contributed by atoms with van der Waals surface area (Å²) >= 11 is 0. The van der Waals surface area contributed by atoms with Gasteiger partial charge in [-0.15, -0.1) is 0 Å². The molecule has 30 heavy (non-hydrogen) atoms.